The van der Waals surface area contributed by atoms with E-state index in [-0.39, 0.29) is 19.0 Å². The summed E-state index contributed by atoms with van der Waals surface area (Å²) in [6.45, 7) is -0.154. The second kappa shape index (κ2) is 7.94. The van der Waals surface area contributed by atoms with Crippen LogP contribution in [0.3, 0.4) is 0 Å². The molecule has 2 aromatic carbocycles. The van der Waals surface area contributed by atoms with Crippen molar-refractivity contribution in [3.63, 3.8) is 0 Å². The lowest BCUT2D eigenvalue weighted by Gasteiger charge is -2.29. The van der Waals surface area contributed by atoms with Gasteiger partial charge in [0.15, 0.2) is 5.75 Å². The number of amides is 1. The summed E-state index contributed by atoms with van der Waals surface area (Å²) in [5.41, 5.74) is 0.965. The van der Waals surface area contributed by atoms with Gasteiger partial charge >= 0.3 is 5.97 Å². The van der Waals surface area contributed by atoms with Crippen molar-refractivity contribution in [2.45, 2.75) is 0 Å². The Labute approximate surface area is 165 Å². The molecule has 0 fully saturated rings. The number of hydrogen-bond donors (Lipinski definition) is 1. The molecule has 0 aliphatic carbocycles. The molecule has 9 heteroatoms. The second-order valence-electron chi connectivity index (χ2n) is 5.68. The Morgan fingerprint density at radius 1 is 1.19 bits per heavy atom. The Kier molecular flexibility index (Phi) is 5.62. The van der Waals surface area contributed by atoms with Crippen LogP contribution >= 0.6 is 23.2 Å². The Morgan fingerprint density at radius 2 is 1.93 bits per heavy atom. The molecule has 0 atom stereocenters. The Balaban J connectivity index is 1.81. The summed E-state index contributed by atoms with van der Waals surface area (Å²) in [4.78, 5) is 26.0. The van der Waals surface area contributed by atoms with Gasteiger partial charge in [-0.25, -0.2) is 4.79 Å². The quantitative estimate of drug-likeness (QED) is 0.601. The fraction of sp³-hybridized carbons (Fsp3) is 0.222. The van der Waals surface area contributed by atoms with E-state index in [1.807, 2.05) is 0 Å². The van der Waals surface area contributed by atoms with E-state index in [1.165, 1.54) is 14.2 Å². The van der Waals surface area contributed by atoms with Gasteiger partial charge in [-0.2, -0.15) is 0 Å². The van der Waals surface area contributed by atoms with Gasteiger partial charge in [-0.05, 0) is 18.2 Å². The van der Waals surface area contributed by atoms with Crippen molar-refractivity contribution in [2.24, 2.45) is 0 Å². The summed E-state index contributed by atoms with van der Waals surface area (Å²) >= 11 is 12.1. The highest BCUT2D eigenvalue weighted by molar-refractivity contribution is 6.32. The van der Waals surface area contributed by atoms with Gasteiger partial charge < -0.3 is 24.4 Å². The number of nitrogens with one attached hydrogen (secondary N) is 1. The Morgan fingerprint density at radius 3 is 2.63 bits per heavy atom. The van der Waals surface area contributed by atoms with Gasteiger partial charge in [0, 0.05) is 17.2 Å². The smallest absolute Gasteiger partial charge is 0.331 e. The van der Waals surface area contributed by atoms with Crippen molar-refractivity contribution in [1.82, 2.24) is 0 Å². The van der Waals surface area contributed by atoms with Crippen LogP contribution in [0.1, 0.15) is 0 Å². The lowest BCUT2D eigenvalue weighted by molar-refractivity contribution is -0.133. The molecule has 0 saturated carbocycles. The molecule has 0 saturated heterocycles. The minimum atomic E-state index is -0.455. The third-order valence-corrected chi connectivity index (χ3v) is 4.42. The van der Waals surface area contributed by atoms with Gasteiger partial charge in [0.25, 0.3) is 0 Å². The van der Waals surface area contributed by atoms with Crippen LogP contribution in [-0.4, -0.2) is 39.2 Å². The van der Waals surface area contributed by atoms with Crippen molar-refractivity contribution >= 4 is 46.5 Å². The molecule has 0 bridgehead atoms. The highest BCUT2D eigenvalue weighted by atomic mass is 35.5. The topological polar surface area (TPSA) is 77.1 Å². The van der Waals surface area contributed by atoms with Gasteiger partial charge in [-0.15, -0.1) is 0 Å². The van der Waals surface area contributed by atoms with E-state index >= 15 is 0 Å². The zero-order chi connectivity index (χ0) is 19.6. The summed E-state index contributed by atoms with van der Waals surface area (Å²) in [6.07, 6.45) is 0. The standard InChI is InChI=1S/C18H16Cl2N2O5/c1-25-15-7-12(16(26-2)6-11(15)20)21-17(23)8-22-9-18(24)27-14-4-3-10(19)5-13(14)22/h3-7H,8-9H2,1-2H3,(H,21,23). The zero-order valence-electron chi connectivity index (χ0n) is 14.5. The largest absolute Gasteiger partial charge is 0.495 e. The van der Waals surface area contributed by atoms with E-state index in [2.05, 4.69) is 5.32 Å². The van der Waals surface area contributed by atoms with Crippen molar-refractivity contribution in [2.75, 3.05) is 37.5 Å². The van der Waals surface area contributed by atoms with Crippen LogP contribution in [0.25, 0.3) is 0 Å². The molecule has 27 heavy (non-hydrogen) atoms. The molecule has 0 spiro atoms. The van der Waals surface area contributed by atoms with Crippen molar-refractivity contribution in [3.05, 3.63) is 40.4 Å². The lowest BCUT2D eigenvalue weighted by Crippen LogP contribution is -2.41. The summed E-state index contributed by atoms with van der Waals surface area (Å²) in [5.74, 6) is 0.318. The number of carbonyl (C=O) groups is 2. The van der Waals surface area contributed by atoms with Gasteiger partial charge in [0.05, 0.1) is 37.2 Å². The fourth-order valence-corrected chi connectivity index (χ4v) is 3.08. The summed E-state index contributed by atoms with van der Waals surface area (Å²) < 4.78 is 15.6. The molecular weight excluding hydrogens is 395 g/mol. The number of halogens is 2. The van der Waals surface area contributed by atoms with E-state index in [0.717, 1.165) is 0 Å². The Bertz CT molecular complexity index is 904. The maximum atomic E-state index is 12.6. The SMILES string of the molecule is COc1cc(NC(=O)CN2CC(=O)Oc3ccc(Cl)cc32)c(OC)cc1Cl. The molecule has 0 radical (unpaired) electrons. The van der Waals surface area contributed by atoms with E-state index in [0.29, 0.717) is 38.7 Å². The first-order valence-corrected chi connectivity index (χ1v) is 8.63. The first-order chi connectivity index (χ1) is 12.9. The number of nitrogens with zero attached hydrogens (tertiary/aromatic N) is 1. The van der Waals surface area contributed by atoms with Crippen LogP contribution < -0.4 is 24.4 Å². The predicted octanol–water partition coefficient (Wildman–Crippen LogP) is 3.37. The van der Waals surface area contributed by atoms with E-state index < -0.39 is 5.97 Å². The second-order valence-corrected chi connectivity index (χ2v) is 6.52. The third-order valence-electron chi connectivity index (χ3n) is 3.89. The monoisotopic (exact) mass is 410 g/mol. The normalized spacial score (nSPS) is 12.9. The minimum absolute atomic E-state index is 0.0676. The summed E-state index contributed by atoms with van der Waals surface area (Å²) in [6, 6.07) is 7.95. The van der Waals surface area contributed by atoms with Crippen molar-refractivity contribution in [3.8, 4) is 17.2 Å². The molecule has 0 unspecified atom stereocenters. The highest BCUT2D eigenvalue weighted by Gasteiger charge is 2.26. The highest BCUT2D eigenvalue weighted by Crippen LogP contribution is 2.37. The first kappa shape index (κ1) is 19.1. The molecule has 1 amide bonds. The van der Waals surface area contributed by atoms with Crippen LogP contribution in [0.5, 0.6) is 17.2 Å². The lowest BCUT2D eigenvalue weighted by atomic mass is 10.2. The predicted molar refractivity (Wildman–Crippen MR) is 102 cm³/mol. The number of rotatable bonds is 5. The average molecular weight is 411 g/mol. The van der Waals surface area contributed by atoms with Crippen LogP contribution in [0.4, 0.5) is 11.4 Å². The van der Waals surface area contributed by atoms with Crippen molar-refractivity contribution in [1.29, 1.82) is 0 Å². The minimum Gasteiger partial charge on any atom is -0.495 e. The van der Waals surface area contributed by atoms with Gasteiger partial charge in [-0.3, -0.25) is 4.79 Å². The molecule has 2 aromatic rings. The number of benzene rings is 2. The third kappa shape index (κ3) is 4.20. The van der Waals surface area contributed by atoms with Gasteiger partial charge in [0.2, 0.25) is 5.91 Å². The number of anilines is 2. The molecule has 3 rings (SSSR count). The summed E-state index contributed by atoms with van der Waals surface area (Å²) in [7, 11) is 2.94. The number of hydrogen-bond acceptors (Lipinski definition) is 6. The fourth-order valence-electron chi connectivity index (χ4n) is 2.68. The van der Waals surface area contributed by atoms with Crippen LogP contribution in [0.15, 0.2) is 30.3 Å². The molecule has 1 heterocycles. The van der Waals surface area contributed by atoms with Crippen LogP contribution in [0.2, 0.25) is 10.0 Å². The zero-order valence-corrected chi connectivity index (χ0v) is 16.1. The maximum absolute atomic E-state index is 12.6. The van der Waals surface area contributed by atoms with Crippen LogP contribution in [-0.2, 0) is 9.59 Å². The number of esters is 1. The molecule has 0 aromatic heterocycles. The van der Waals surface area contributed by atoms with E-state index in [4.69, 9.17) is 37.4 Å². The summed E-state index contributed by atoms with van der Waals surface area (Å²) in [5, 5.41) is 3.57. The molecule has 142 valence electrons. The number of methoxy groups -OCH3 is 2. The van der Waals surface area contributed by atoms with Gasteiger partial charge in [-0.1, -0.05) is 23.2 Å². The molecular formula is C18H16Cl2N2O5. The maximum Gasteiger partial charge on any atom is 0.331 e. The average Bonchev–Trinajstić information content (AvgIpc) is 2.63. The number of carbonyl (C=O) groups excluding carboxylic acids is 2. The van der Waals surface area contributed by atoms with Crippen LogP contribution in [0, 0.1) is 0 Å². The van der Waals surface area contributed by atoms with Gasteiger partial charge in [0.1, 0.15) is 18.0 Å². The first-order valence-electron chi connectivity index (χ1n) is 7.88. The molecule has 7 nitrogen and oxygen atoms in total. The van der Waals surface area contributed by atoms with E-state index in [1.54, 1.807) is 35.2 Å². The number of fused-ring (bicyclic) bond motifs is 1. The molecule has 1 N–H and O–H groups in total. The van der Waals surface area contributed by atoms with E-state index in [9.17, 15) is 9.59 Å². The molecule has 1 aliphatic heterocycles. The Hall–Kier alpha value is -2.64. The molecule has 1 aliphatic rings. The number of ether oxygens (including phenoxy) is 3. The van der Waals surface area contributed by atoms with Crippen molar-refractivity contribution < 1.29 is 23.8 Å².